The van der Waals surface area contributed by atoms with E-state index in [0.29, 0.717) is 35.0 Å². The largest absolute Gasteiger partial charge is 0.327 e. The Balaban J connectivity index is 1.55. The fraction of sp³-hybridized carbons (Fsp3) is 0.286. The number of benzene rings is 1. The number of piperidine rings is 1. The highest BCUT2D eigenvalue weighted by Crippen LogP contribution is 2.30. The third-order valence-corrected chi connectivity index (χ3v) is 5.07. The van der Waals surface area contributed by atoms with Crippen molar-refractivity contribution >= 4 is 17.5 Å². The van der Waals surface area contributed by atoms with Gasteiger partial charge in [-0.05, 0) is 44.4 Å². The van der Waals surface area contributed by atoms with E-state index in [-0.39, 0.29) is 17.9 Å². The van der Waals surface area contributed by atoms with Gasteiger partial charge in [0.2, 0.25) is 0 Å². The van der Waals surface area contributed by atoms with Gasteiger partial charge in [0, 0.05) is 24.6 Å². The predicted octanol–water partition coefficient (Wildman–Crippen LogP) is 3.13. The molecule has 0 radical (unpaired) electrons. The Bertz CT molecular complexity index is 1000. The number of para-hydroxylation sites is 1. The molecule has 1 aliphatic rings. The van der Waals surface area contributed by atoms with Crippen molar-refractivity contribution in [1.29, 1.82) is 0 Å². The second-order valence-electron chi connectivity index (χ2n) is 7.03. The number of aryl methyl sites for hydroxylation is 1. The zero-order valence-electron chi connectivity index (χ0n) is 16.1. The highest BCUT2D eigenvalue weighted by atomic mass is 16.2. The van der Waals surface area contributed by atoms with Gasteiger partial charge in [0.05, 0.1) is 17.3 Å². The fourth-order valence-corrected chi connectivity index (χ4v) is 3.56. The highest BCUT2D eigenvalue weighted by Gasteiger charge is 2.31. The molecule has 0 bridgehead atoms. The van der Waals surface area contributed by atoms with E-state index < -0.39 is 0 Å². The molecule has 4 rings (SSSR count). The second kappa shape index (κ2) is 8.22. The van der Waals surface area contributed by atoms with Gasteiger partial charge in [0.1, 0.15) is 5.69 Å². The third-order valence-electron chi connectivity index (χ3n) is 5.07. The van der Waals surface area contributed by atoms with Crippen molar-refractivity contribution in [2.45, 2.75) is 32.2 Å². The van der Waals surface area contributed by atoms with Crippen molar-refractivity contribution in [1.82, 2.24) is 25.1 Å². The third kappa shape index (κ3) is 4.01. The number of aromatic amines is 1. The first-order chi connectivity index (χ1) is 14.1. The lowest BCUT2D eigenvalue weighted by atomic mass is 10.0. The van der Waals surface area contributed by atoms with E-state index in [4.69, 9.17) is 0 Å². The normalized spacial score (nSPS) is 16.4. The minimum absolute atomic E-state index is 0.112. The molecule has 2 N–H and O–H groups in total. The van der Waals surface area contributed by atoms with Gasteiger partial charge >= 0.3 is 0 Å². The number of nitrogens with one attached hydrogen (secondary N) is 2. The Morgan fingerprint density at radius 3 is 2.72 bits per heavy atom. The van der Waals surface area contributed by atoms with Crippen LogP contribution >= 0.6 is 0 Å². The average Bonchev–Trinajstić information content (AvgIpc) is 3.29. The number of carbonyl (C=O) groups excluding carboxylic acids is 2. The molecule has 0 saturated carbocycles. The van der Waals surface area contributed by atoms with Gasteiger partial charge in [-0.3, -0.25) is 14.7 Å². The average molecular weight is 390 g/mol. The smallest absolute Gasteiger partial charge is 0.272 e. The first kappa shape index (κ1) is 18.8. The summed E-state index contributed by atoms with van der Waals surface area (Å²) >= 11 is 0. The molecule has 1 aliphatic heterocycles. The van der Waals surface area contributed by atoms with Crippen LogP contribution in [0.5, 0.6) is 0 Å². The first-order valence-electron chi connectivity index (χ1n) is 9.64. The highest BCUT2D eigenvalue weighted by molar-refractivity contribution is 6.04. The number of hydrogen-bond donors (Lipinski definition) is 2. The van der Waals surface area contributed by atoms with Gasteiger partial charge in [0.15, 0.2) is 5.82 Å². The number of amides is 2. The molecule has 2 aromatic heterocycles. The Kier molecular flexibility index (Phi) is 5.33. The van der Waals surface area contributed by atoms with Gasteiger partial charge < -0.3 is 10.2 Å². The van der Waals surface area contributed by atoms with Crippen LogP contribution in [0.3, 0.4) is 0 Å². The van der Waals surface area contributed by atoms with Crippen LogP contribution in [-0.4, -0.2) is 43.4 Å². The minimum Gasteiger partial charge on any atom is -0.327 e. The Labute approximate surface area is 168 Å². The SMILES string of the molecule is Cc1nc([C@H]2CCCCN2C(=O)c2ccn[nH]2)ncc1C(=O)Nc1ccccc1. The van der Waals surface area contributed by atoms with Gasteiger partial charge in [-0.1, -0.05) is 18.2 Å². The zero-order chi connectivity index (χ0) is 20.2. The van der Waals surface area contributed by atoms with Crippen molar-refractivity contribution < 1.29 is 9.59 Å². The molecular weight excluding hydrogens is 368 g/mol. The molecule has 148 valence electrons. The molecule has 1 fully saturated rings. The van der Waals surface area contributed by atoms with Crippen molar-refractivity contribution in [3.05, 3.63) is 71.6 Å². The van der Waals surface area contributed by atoms with E-state index in [1.165, 1.54) is 0 Å². The summed E-state index contributed by atoms with van der Waals surface area (Å²) in [5.74, 6) is 0.194. The second-order valence-corrected chi connectivity index (χ2v) is 7.03. The van der Waals surface area contributed by atoms with Gasteiger partial charge in [0.25, 0.3) is 11.8 Å². The quantitative estimate of drug-likeness (QED) is 0.712. The van der Waals surface area contributed by atoms with Crippen LogP contribution in [-0.2, 0) is 0 Å². The molecule has 3 aromatic rings. The summed E-state index contributed by atoms with van der Waals surface area (Å²) < 4.78 is 0. The van der Waals surface area contributed by atoms with Crippen LogP contribution in [0.1, 0.15) is 57.7 Å². The molecule has 0 aliphatic carbocycles. The van der Waals surface area contributed by atoms with Crippen molar-refractivity contribution in [3.8, 4) is 0 Å². The van der Waals surface area contributed by atoms with E-state index in [0.717, 1.165) is 19.3 Å². The van der Waals surface area contributed by atoms with Crippen molar-refractivity contribution in [3.63, 3.8) is 0 Å². The maximum atomic E-state index is 12.8. The van der Waals surface area contributed by atoms with Crippen LogP contribution in [0.4, 0.5) is 5.69 Å². The summed E-state index contributed by atoms with van der Waals surface area (Å²) in [6, 6.07) is 10.7. The Morgan fingerprint density at radius 2 is 2.00 bits per heavy atom. The van der Waals surface area contributed by atoms with Crippen LogP contribution in [0.2, 0.25) is 0 Å². The van der Waals surface area contributed by atoms with Gasteiger partial charge in [-0.15, -0.1) is 0 Å². The summed E-state index contributed by atoms with van der Waals surface area (Å²) in [7, 11) is 0. The number of aromatic nitrogens is 4. The number of anilines is 1. The van der Waals surface area contributed by atoms with E-state index in [2.05, 4.69) is 25.5 Å². The molecule has 8 nitrogen and oxygen atoms in total. The molecule has 0 spiro atoms. The van der Waals surface area contributed by atoms with Crippen molar-refractivity contribution in [2.75, 3.05) is 11.9 Å². The lowest BCUT2D eigenvalue weighted by Gasteiger charge is -2.34. The lowest BCUT2D eigenvalue weighted by molar-refractivity contribution is 0.0593. The van der Waals surface area contributed by atoms with Gasteiger partial charge in [-0.25, -0.2) is 9.97 Å². The number of nitrogens with zero attached hydrogens (tertiary/aromatic N) is 4. The molecule has 2 amide bonds. The minimum atomic E-state index is -0.255. The summed E-state index contributed by atoms with van der Waals surface area (Å²) in [6.07, 6.45) is 5.83. The topological polar surface area (TPSA) is 104 Å². The van der Waals surface area contributed by atoms with E-state index in [1.807, 2.05) is 30.3 Å². The Hall–Kier alpha value is -3.55. The summed E-state index contributed by atoms with van der Waals surface area (Å²) in [5, 5.41) is 9.45. The molecule has 29 heavy (non-hydrogen) atoms. The molecule has 8 heteroatoms. The van der Waals surface area contributed by atoms with Crippen LogP contribution in [0.15, 0.2) is 48.8 Å². The van der Waals surface area contributed by atoms with E-state index in [9.17, 15) is 9.59 Å². The summed E-state index contributed by atoms with van der Waals surface area (Å²) in [5.41, 5.74) is 2.17. The number of H-pyrrole nitrogens is 1. The molecular formula is C21H22N6O2. The lowest BCUT2D eigenvalue weighted by Crippen LogP contribution is -2.39. The molecule has 3 heterocycles. The fourth-order valence-electron chi connectivity index (χ4n) is 3.56. The molecule has 1 atom stereocenters. The predicted molar refractivity (Wildman–Crippen MR) is 107 cm³/mol. The first-order valence-corrected chi connectivity index (χ1v) is 9.64. The van der Waals surface area contributed by atoms with Crippen LogP contribution in [0, 0.1) is 6.92 Å². The van der Waals surface area contributed by atoms with E-state index >= 15 is 0 Å². The molecule has 1 saturated heterocycles. The van der Waals surface area contributed by atoms with Crippen molar-refractivity contribution in [2.24, 2.45) is 0 Å². The molecule has 1 aromatic carbocycles. The number of likely N-dealkylation sites (tertiary alicyclic amines) is 1. The number of rotatable bonds is 4. The van der Waals surface area contributed by atoms with Crippen LogP contribution < -0.4 is 5.32 Å². The zero-order valence-corrected chi connectivity index (χ0v) is 16.1. The molecule has 0 unspecified atom stereocenters. The maximum absolute atomic E-state index is 12.8. The number of hydrogen-bond acceptors (Lipinski definition) is 5. The monoisotopic (exact) mass is 390 g/mol. The summed E-state index contributed by atoms with van der Waals surface area (Å²) in [4.78, 5) is 36.2. The maximum Gasteiger partial charge on any atom is 0.272 e. The van der Waals surface area contributed by atoms with Gasteiger partial charge in [-0.2, -0.15) is 5.10 Å². The Morgan fingerprint density at radius 1 is 1.17 bits per heavy atom. The standard InChI is InChI=1S/C21H22N6O2/c1-14-16(20(28)25-15-7-3-2-4-8-15)13-22-19(24-14)18-9-5-6-12-27(18)21(29)17-10-11-23-26-17/h2-4,7-8,10-11,13,18H,5-6,9,12H2,1H3,(H,23,26)(H,25,28)/t18-/m1/s1. The van der Waals surface area contributed by atoms with E-state index in [1.54, 1.807) is 30.3 Å². The summed E-state index contributed by atoms with van der Waals surface area (Å²) in [6.45, 7) is 2.43. The van der Waals surface area contributed by atoms with Crippen LogP contribution in [0.25, 0.3) is 0 Å². The number of carbonyl (C=O) groups is 2.